The second-order valence-corrected chi connectivity index (χ2v) is 5.67. The molecule has 23 heavy (non-hydrogen) atoms. The Hall–Kier alpha value is -2.69. The maximum Gasteiger partial charge on any atom is 0.316 e. The van der Waals surface area contributed by atoms with Gasteiger partial charge >= 0.3 is 11.8 Å². The van der Waals surface area contributed by atoms with Gasteiger partial charge in [-0.25, -0.2) is 0 Å². The van der Waals surface area contributed by atoms with Gasteiger partial charge in [-0.1, -0.05) is 18.2 Å². The highest BCUT2D eigenvalue weighted by Gasteiger charge is 2.30. The zero-order valence-corrected chi connectivity index (χ0v) is 13.1. The standard InChI is InChI=1S/C18H19N3O2/c1-20(12-8-14-6-10-19-11-7-14)17(22)18(23)21-13-9-15-4-2-3-5-16(15)21/h2-7,10-11H,8-9,12-13H2,1H3. The summed E-state index contributed by atoms with van der Waals surface area (Å²) in [7, 11) is 1.67. The Kier molecular flexibility index (Phi) is 4.37. The molecule has 5 heteroatoms. The van der Waals surface area contributed by atoms with Gasteiger partial charge in [0.1, 0.15) is 0 Å². The number of aromatic nitrogens is 1. The summed E-state index contributed by atoms with van der Waals surface area (Å²) in [5.41, 5.74) is 3.07. The highest BCUT2D eigenvalue weighted by molar-refractivity contribution is 6.40. The van der Waals surface area contributed by atoms with Gasteiger partial charge in [0.2, 0.25) is 0 Å². The van der Waals surface area contributed by atoms with Crippen molar-refractivity contribution in [2.45, 2.75) is 12.8 Å². The van der Waals surface area contributed by atoms with Gasteiger partial charge in [-0.05, 0) is 42.2 Å². The van der Waals surface area contributed by atoms with Crippen molar-refractivity contribution in [2.24, 2.45) is 0 Å². The molecule has 2 amide bonds. The molecule has 0 N–H and O–H groups in total. The number of hydrogen-bond donors (Lipinski definition) is 0. The minimum atomic E-state index is -0.462. The van der Waals surface area contributed by atoms with Crippen LogP contribution in [0.2, 0.25) is 0 Å². The summed E-state index contributed by atoms with van der Waals surface area (Å²) in [6.07, 6.45) is 4.96. The fraction of sp³-hybridized carbons (Fsp3) is 0.278. The van der Waals surface area contributed by atoms with E-state index < -0.39 is 11.8 Å². The first-order valence-corrected chi connectivity index (χ1v) is 7.70. The maximum absolute atomic E-state index is 12.5. The molecule has 0 aliphatic carbocycles. The average molecular weight is 309 g/mol. The molecule has 0 fully saturated rings. The van der Waals surface area contributed by atoms with Crippen molar-refractivity contribution in [2.75, 3.05) is 25.0 Å². The Morgan fingerprint density at radius 2 is 1.91 bits per heavy atom. The van der Waals surface area contributed by atoms with Gasteiger partial charge in [0.05, 0.1) is 0 Å². The molecular formula is C18H19N3O2. The number of carbonyl (C=O) groups is 2. The first-order valence-electron chi connectivity index (χ1n) is 7.70. The highest BCUT2D eigenvalue weighted by Crippen LogP contribution is 2.27. The van der Waals surface area contributed by atoms with E-state index in [0.29, 0.717) is 19.5 Å². The quantitative estimate of drug-likeness (QED) is 0.811. The van der Waals surface area contributed by atoms with Crippen LogP contribution in [0, 0.1) is 0 Å². The molecule has 0 spiro atoms. The van der Waals surface area contributed by atoms with E-state index in [4.69, 9.17) is 0 Å². The zero-order valence-electron chi connectivity index (χ0n) is 13.1. The van der Waals surface area contributed by atoms with Crippen molar-refractivity contribution in [3.05, 3.63) is 59.9 Å². The molecule has 0 radical (unpaired) electrons. The number of benzene rings is 1. The number of hydrogen-bond acceptors (Lipinski definition) is 3. The fourth-order valence-corrected chi connectivity index (χ4v) is 2.78. The number of pyridine rings is 1. The Morgan fingerprint density at radius 1 is 1.17 bits per heavy atom. The lowest BCUT2D eigenvalue weighted by Gasteiger charge is -2.21. The second kappa shape index (κ2) is 6.60. The third kappa shape index (κ3) is 3.23. The Balaban J connectivity index is 1.62. The number of rotatable bonds is 3. The monoisotopic (exact) mass is 309 g/mol. The van der Waals surface area contributed by atoms with Crippen molar-refractivity contribution < 1.29 is 9.59 Å². The molecule has 1 aromatic heterocycles. The highest BCUT2D eigenvalue weighted by atomic mass is 16.2. The van der Waals surface area contributed by atoms with Gasteiger partial charge in [-0.2, -0.15) is 0 Å². The van der Waals surface area contributed by atoms with Crippen molar-refractivity contribution in [1.29, 1.82) is 0 Å². The minimum absolute atomic E-state index is 0.452. The third-order valence-corrected chi connectivity index (χ3v) is 4.15. The number of likely N-dealkylation sites (N-methyl/N-ethyl adjacent to an activating group) is 1. The molecule has 0 bridgehead atoms. The predicted octanol–water partition coefficient (Wildman–Crippen LogP) is 1.67. The van der Waals surface area contributed by atoms with Crippen LogP contribution in [0.1, 0.15) is 11.1 Å². The molecule has 118 valence electrons. The molecule has 1 aromatic carbocycles. The minimum Gasteiger partial charge on any atom is -0.337 e. The topological polar surface area (TPSA) is 53.5 Å². The van der Waals surface area contributed by atoms with Crippen molar-refractivity contribution in [3.63, 3.8) is 0 Å². The van der Waals surface area contributed by atoms with Crippen LogP contribution in [-0.4, -0.2) is 41.8 Å². The summed E-state index contributed by atoms with van der Waals surface area (Å²) in [5, 5.41) is 0. The van der Waals surface area contributed by atoms with Gasteiger partial charge in [0.15, 0.2) is 0 Å². The molecular weight excluding hydrogens is 290 g/mol. The maximum atomic E-state index is 12.5. The Bertz CT molecular complexity index is 715. The molecule has 2 heterocycles. The van der Waals surface area contributed by atoms with Gasteiger partial charge in [0, 0.05) is 38.2 Å². The predicted molar refractivity (Wildman–Crippen MR) is 88.1 cm³/mol. The summed E-state index contributed by atoms with van der Waals surface area (Å²) in [6.45, 7) is 1.08. The Morgan fingerprint density at radius 3 is 2.70 bits per heavy atom. The van der Waals surface area contributed by atoms with Crippen LogP contribution in [0.4, 0.5) is 5.69 Å². The van der Waals surface area contributed by atoms with E-state index in [1.54, 1.807) is 24.3 Å². The van der Waals surface area contributed by atoms with Crippen molar-refractivity contribution in [1.82, 2.24) is 9.88 Å². The van der Waals surface area contributed by atoms with Crippen LogP contribution >= 0.6 is 0 Å². The second-order valence-electron chi connectivity index (χ2n) is 5.67. The Labute approximate surface area is 135 Å². The van der Waals surface area contributed by atoms with E-state index in [-0.39, 0.29) is 0 Å². The smallest absolute Gasteiger partial charge is 0.316 e. The van der Waals surface area contributed by atoms with Gasteiger partial charge in [-0.15, -0.1) is 0 Å². The van der Waals surface area contributed by atoms with Crippen LogP contribution in [0.25, 0.3) is 0 Å². The average Bonchev–Trinajstić information content (AvgIpc) is 3.03. The van der Waals surface area contributed by atoms with E-state index in [9.17, 15) is 9.59 Å². The van der Waals surface area contributed by atoms with Crippen LogP contribution in [0.5, 0.6) is 0 Å². The lowest BCUT2D eigenvalue weighted by molar-refractivity contribution is -0.143. The van der Waals surface area contributed by atoms with Crippen LogP contribution < -0.4 is 4.90 Å². The number of para-hydroxylation sites is 1. The van der Waals surface area contributed by atoms with Crippen molar-refractivity contribution >= 4 is 17.5 Å². The molecule has 2 aromatic rings. The summed E-state index contributed by atoms with van der Waals surface area (Å²) in [6, 6.07) is 11.6. The normalized spacial score (nSPS) is 12.8. The number of nitrogens with zero attached hydrogens (tertiary/aromatic N) is 3. The summed E-state index contributed by atoms with van der Waals surface area (Å²) in [5.74, 6) is -0.914. The van der Waals surface area contributed by atoms with Crippen molar-refractivity contribution in [3.8, 4) is 0 Å². The molecule has 1 aliphatic rings. The summed E-state index contributed by atoms with van der Waals surface area (Å²) >= 11 is 0. The molecule has 0 saturated heterocycles. The number of amides is 2. The SMILES string of the molecule is CN(CCc1ccncc1)C(=O)C(=O)N1CCc2ccccc21. The van der Waals surface area contributed by atoms with Gasteiger partial charge < -0.3 is 9.80 Å². The third-order valence-electron chi connectivity index (χ3n) is 4.15. The van der Waals surface area contributed by atoms with E-state index >= 15 is 0 Å². The van der Waals surface area contributed by atoms with E-state index in [1.807, 2.05) is 36.4 Å². The molecule has 1 aliphatic heterocycles. The van der Waals surface area contributed by atoms with E-state index in [0.717, 1.165) is 23.2 Å². The van der Waals surface area contributed by atoms with Gasteiger partial charge in [0.25, 0.3) is 0 Å². The largest absolute Gasteiger partial charge is 0.337 e. The first kappa shape index (κ1) is 15.2. The zero-order chi connectivity index (χ0) is 16.2. The number of fused-ring (bicyclic) bond motifs is 1. The first-order chi connectivity index (χ1) is 11.2. The van der Waals surface area contributed by atoms with Gasteiger partial charge in [-0.3, -0.25) is 14.6 Å². The molecule has 3 rings (SSSR count). The lowest BCUT2D eigenvalue weighted by Crippen LogP contribution is -2.43. The molecule has 0 atom stereocenters. The molecule has 0 unspecified atom stereocenters. The van der Waals surface area contributed by atoms with Crippen LogP contribution in [0.15, 0.2) is 48.8 Å². The molecule has 5 nitrogen and oxygen atoms in total. The molecule has 0 saturated carbocycles. The van der Waals surface area contributed by atoms with E-state index in [1.165, 1.54) is 4.90 Å². The number of carbonyl (C=O) groups excluding carboxylic acids is 2. The summed E-state index contributed by atoms with van der Waals surface area (Å²) in [4.78, 5) is 31.9. The van der Waals surface area contributed by atoms with E-state index in [2.05, 4.69) is 4.98 Å². The summed E-state index contributed by atoms with van der Waals surface area (Å²) < 4.78 is 0. The number of anilines is 1. The lowest BCUT2D eigenvalue weighted by atomic mass is 10.2. The van der Waals surface area contributed by atoms with Crippen LogP contribution in [-0.2, 0) is 22.4 Å². The van der Waals surface area contributed by atoms with Crippen LogP contribution in [0.3, 0.4) is 0 Å². The fourth-order valence-electron chi connectivity index (χ4n) is 2.78.